The maximum atomic E-state index is 13.3. The highest BCUT2D eigenvalue weighted by Crippen LogP contribution is 2.39. The van der Waals surface area contributed by atoms with E-state index in [-0.39, 0.29) is 6.03 Å². The zero-order valence-electron chi connectivity index (χ0n) is 19.9. The number of aryl methyl sites for hydroxylation is 1. The molecule has 4 aromatic rings. The lowest BCUT2D eigenvalue weighted by molar-refractivity contribution is 0.244. The van der Waals surface area contributed by atoms with Gasteiger partial charge in [0.15, 0.2) is 0 Å². The summed E-state index contributed by atoms with van der Waals surface area (Å²) in [5.41, 5.74) is 5.16. The summed E-state index contributed by atoms with van der Waals surface area (Å²) in [7, 11) is 1.62. The van der Waals surface area contributed by atoms with Gasteiger partial charge in [-0.15, -0.1) is 0 Å². The Bertz CT molecular complexity index is 1380. The fourth-order valence-electron chi connectivity index (χ4n) is 4.32. The second-order valence-corrected chi connectivity index (χ2v) is 8.30. The number of carbonyl (C=O) groups excluding carboxylic acids is 1. The molecule has 0 fully saturated rings. The van der Waals surface area contributed by atoms with E-state index in [1.54, 1.807) is 12.0 Å². The summed E-state index contributed by atoms with van der Waals surface area (Å²) >= 11 is 0. The SMILES string of the molecule is CCc1ccc(N2C(=O)NC(c3ccccc3)C(c3nc(-c4cccc(OC)c4)no3)=C2C)cc1. The lowest BCUT2D eigenvalue weighted by atomic mass is 9.94. The van der Waals surface area contributed by atoms with Crippen molar-refractivity contribution in [1.29, 1.82) is 0 Å². The predicted molar refractivity (Wildman–Crippen MR) is 135 cm³/mol. The second kappa shape index (κ2) is 9.46. The molecule has 1 N–H and O–H groups in total. The molecule has 1 aliphatic rings. The molecule has 1 aromatic heterocycles. The second-order valence-electron chi connectivity index (χ2n) is 8.30. The predicted octanol–water partition coefficient (Wildman–Crippen LogP) is 6.01. The minimum absolute atomic E-state index is 0.211. The Morgan fingerprint density at radius 2 is 1.80 bits per heavy atom. The van der Waals surface area contributed by atoms with Crippen LogP contribution in [0.4, 0.5) is 10.5 Å². The van der Waals surface area contributed by atoms with E-state index in [9.17, 15) is 4.79 Å². The standard InChI is InChI=1S/C28H26N4O3/c1-4-19-13-15-22(16-14-19)32-18(2)24(25(29-28(32)33)20-9-6-5-7-10-20)27-30-26(31-35-27)21-11-8-12-23(17-21)34-3/h5-17,25H,4H2,1-3H3,(H,29,33). The maximum absolute atomic E-state index is 13.3. The van der Waals surface area contributed by atoms with Crippen LogP contribution < -0.4 is 15.0 Å². The summed E-state index contributed by atoms with van der Waals surface area (Å²) in [6.07, 6.45) is 0.928. The molecule has 0 saturated heterocycles. The highest BCUT2D eigenvalue weighted by molar-refractivity contribution is 6.01. The third-order valence-electron chi connectivity index (χ3n) is 6.20. The molecule has 0 bridgehead atoms. The normalized spacial score (nSPS) is 15.8. The molecule has 7 nitrogen and oxygen atoms in total. The van der Waals surface area contributed by atoms with E-state index in [0.717, 1.165) is 34.5 Å². The monoisotopic (exact) mass is 466 g/mol. The summed E-state index contributed by atoms with van der Waals surface area (Å²) in [6, 6.07) is 24.6. The Kier molecular flexibility index (Phi) is 6.06. The van der Waals surface area contributed by atoms with E-state index in [4.69, 9.17) is 14.2 Å². The van der Waals surface area contributed by atoms with Crippen LogP contribution in [-0.4, -0.2) is 23.3 Å². The van der Waals surface area contributed by atoms with Gasteiger partial charge in [-0.2, -0.15) is 4.98 Å². The zero-order valence-corrected chi connectivity index (χ0v) is 19.9. The van der Waals surface area contributed by atoms with Crippen LogP contribution in [0.25, 0.3) is 17.0 Å². The molecule has 2 amide bonds. The molecule has 3 aromatic carbocycles. The smallest absolute Gasteiger partial charge is 0.326 e. The molecule has 7 heteroatoms. The van der Waals surface area contributed by atoms with Gasteiger partial charge in [-0.05, 0) is 48.7 Å². The Balaban J connectivity index is 1.63. The van der Waals surface area contributed by atoms with Crippen molar-refractivity contribution in [2.24, 2.45) is 0 Å². The molecule has 5 rings (SSSR count). The Morgan fingerprint density at radius 1 is 1.03 bits per heavy atom. The van der Waals surface area contributed by atoms with Crippen LogP contribution in [0.5, 0.6) is 5.75 Å². The van der Waals surface area contributed by atoms with Gasteiger partial charge in [0.1, 0.15) is 5.75 Å². The number of urea groups is 1. The molecule has 1 atom stereocenters. The first-order chi connectivity index (χ1) is 17.1. The van der Waals surface area contributed by atoms with E-state index >= 15 is 0 Å². The molecule has 0 radical (unpaired) electrons. The molecule has 1 aliphatic heterocycles. The Labute approximate surface area is 204 Å². The third-order valence-corrected chi connectivity index (χ3v) is 6.20. The van der Waals surface area contributed by atoms with Crippen molar-refractivity contribution in [3.05, 3.63) is 102 Å². The summed E-state index contributed by atoms with van der Waals surface area (Å²) < 4.78 is 11.1. The highest BCUT2D eigenvalue weighted by Gasteiger charge is 2.36. The van der Waals surface area contributed by atoms with Crippen molar-refractivity contribution in [2.75, 3.05) is 12.0 Å². The minimum Gasteiger partial charge on any atom is -0.497 e. The number of nitrogens with one attached hydrogen (secondary N) is 1. The molecule has 0 aliphatic carbocycles. The number of rotatable bonds is 6. The van der Waals surface area contributed by atoms with Gasteiger partial charge in [-0.3, -0.25) is 4.90 Å². The number of methoxy groups -OCH3 is 1. The molecule has 2 heterocycles. The van der Waals surface area contributed by atoms with E-state index in [1.165, 1.54) is 5.56 Å². The van der Waals surface area contributed by atoms with Crippen LogP contribution in [0.15, 0.2) is 89.1 Å². The van der Waals surface area contributed by atoms with Gasteiger partial charge < -0.3 is 14.6 Å². The number of benzene rings is 3. The zero-order chi connectivity index (χ0) is 24.4. The van der Waals surface area contributed by atoms with Gasteiger partial charge in [0, 0.05) is 11.3 Å². The first-order valence-electron chi connectivity index (χ1n) is 11.5. The quantitative estimate of drug-likeness (QED) is 0.376. The van der Waals surface area contributed by atoms with Gasteiger partial charge in [0.2, 0.25) is 5.82 Å². The van der Waals surface area contributed by atoms with Gasteiger partial charge in [-0.25, -0.2) is 4.79 Å². The molecule has 0 saturated carbocycles. The van der Waals surface area contributed by atoms with E-state index in [2.05, 4.69) is 17.4 Å². The van der Waals surface area contributed by atoms with Gasteiger partial charge in [0.25, 0.3) is 5.89 Å². The number of carbonyl (C=O) groups is 1. The maximum Gasteiger partial charge on any atom is 0.326 e. The van der Waals surface area contributed by atoms with Crippen molar-refractivity contribution in [2.45, 2.75) is 26.3 Å². The largest absolute Gasteiger partial charge is 0.497 e. The third kappa shape index (κ3) is 4.28. The molecular formula is C28H26N4O3. The Hall–Kier alpha value is -4.39. The number of nitrogens with zero attached hydrogens (tertiary/aromatic N) is 3. The van der Waals surface area contributed by atoms with Crippen LogP contribution in [-0.2, 0) is 6.42 Å². The summed E-state index contributed by atoms with van der Waals surface area (Å²) in [5.74, 6) is 1.50. The summed E-state index contributed by atoms with van der Waals surface area (Å²) in [5, 5.41) is 7.37. The number of allylic oxidation sites excluding steroid dienone is 1. The van der Waals surface area contributed by atoms with Gasteiger partial charge in [-0.1, -0.05) is 66.7 Å². The number of amides is 2. The van der Waals surface area contributed by atoms with Crippen molar-refractivity contribution in [1.82, 2.24) is 15.5 Å². The van der Waals surface area contributed by atoms with Crippen molar-refractivity contribution >= 4 is 17.3 Å². The van der Waals surface area contributed by atoms with Crippen molar-refractivity contribution in [3.63, 3.8) is 0 Å². The fraction of sp³-hybridized carbons (Fsp3) is 0.179. The fourth-order valence-corrected chi connectivity index (χ4v) is 4.32. The van der Waals surface area contributed by atoms with E-state index in [1.807, 2.05) is 85.8 Å². The van der Waals surface area contributed by atoms with E-state index < -0.39 is 6.04 Å². The molecule has 0 spiro atoms. The number of hydrogen-bond acceptors (Lipinski definition) is 5. The molecular weight excluding hydrogens is 440 g/mol. The number of ether oxygens (including phenoxy) is 1. The lowest BCUT2D eigenvalue weighted by Gasteiger charge is -2.35. The van der Waals surface area contributed by atoms with Crippen LogP contribution in [0.3, 0.4) is 0 Å². The summed E-state index contributed by atoms with van der Waals surface area (Å²) in [4.78, 5) is 19.7. The average Bonchev–Trinajstić information content (AvgIpc) is 3.39. The molecule has 1 unspecified atom stereocenters. The van der Waals surface area contributed by atoms with Crippen LogP contribution in [0.1, 0.15) is 36.9 Å². The van der Waals surface area contributed by atoms with Crippen LogP contribution >= 0.6 is 0 Å². The van der Waals surface area contributed by atoms with Gasteiger partial charge >= 0.3 is 6.03 Å². The van der Waals surface area contributed by atoms with E-state index in [0.29, 0.717) is 17.5 Å². The first kappa shape index (κ1) is 22.4. The van der Waals surface area contributed by atoms with Crippen molar-refractivity contribution in [3.8, 4) is 17.1 Å². The number of anilines is 1. The minimum atomic E-state index is -0.437. The number of hydrogen-bond donors (Lipinski definition) is 1. The number of aromatic nitrogens is 2. The van der Waals surface area contributed by atoms with Crippen LogP contribution in [0, 0.1) is 0 Å². The lowest BCUT2D eigenvalue weighted by Crippen LogP contribution is -2.46. The molecule has 35 heavy (non-hydrogen) atoms. The molecule has 176 valence electrons. The van der Waals surface area contributed by atoms with Crippen LogP contribution in [0.2, 0.25) is 0 Å². The highest BCUT2D eigenvalue weighted by atomic mass is 16.5. The first-order valence-corrected chi connectivity index (χ1v) is 11.5. The average molecular weight is 467 g/mol. The topological polar surface area (TPSA) is 80.5 Å². The Morgan fingerprint density at radius 3 is 2.51 bits per heavy atom. The van der Waals surface area contributed by atoms with Crippen molar-refractivity contribution < 1.29 is 14.1 Å². The summed E-state index contributed by atoms with van der Waals surface area (Å²) in [6.45, 7) is 4.01. The van der Waals surface area contributed by atoms with Gasteiger partial charge in [0.05, 0.1) is 24.4 Å².